The van der Waals surface area contributed by atoms with Gasteiger partial charge in [0.2, 0.25) is 0 Å². The second-order valence-electron chi connectivity index (χ2n) is 8.57. The van der Waals surface area contributed by atoms with Crippen molar-refractivity contribution >= 4 is 5.97 Å². The Morgan fingerprint density at radius 3 is 2.35 bits per heavy atom. The third-order valence-electron chi connectivity index (χ3n) is 4.85. The van der Waals surface area contributed by atoms with E-state index < -0.39 is 0 Å². The smallest absolute Gasteiger partial charge is 0.307 e. The fourth-order valence-corrected chi connectivity index (χ4v) is 3.38. The number of carbonyl (C=O) groups excluding carboxylic acids is 1. The molecule has 1 N–H and O–H groups in total. The molecule has 1 aliphatic heterocycles. The molecule has 0 aromatic carbocycles. The first-order valence-electron chi connectivity index (χ1n) is 9.33. The molecule has 0 radical (unpaired) electrons. The van der Waals surface area contributed by atoms with Crippen LogP contribution in [-0.4, -0.2) is 50.2 Å². The van der Waals surface area contributed by atoms with E-state index in [2.05, 4.69) is 44.8 Å². The maximum Gasteiger partial charge on any atom is 0.307 e. The fraction of sp³-hybridized carbons (Fsp3) is 0.947. The van der Waals surface area contributed by atoms with Gasteiger partial charge in [-0.1, -0.05) is 41.0 Å². The lowest BCUT2D eigenvalue weighted by atomic mass is 9.74. The largest absolute Gasteiger partial charge is 0.465 e. The standard InChI is InChI=1S/C19H38N2O2/c1-6-18(2,3)15-19(4,5)16-23-17(22)9-10-20-11-14-21-12-7-8-13-21/h20H,6-16H2,1-5H3. The Morgan fingerprint density at radius 2 is 1.74 bits per heavy atom. The van der Waals surface area contributed by atoms with Gasteiger partial charge in [0.15, 0.2) is 0 Å². The number of nitrogens with one attached hydrogen (secondary N) is 1. The van der Waals surface area contributed by atoms with Crippen LogP contribution in [0, 0.1) is 10.8 Å². The molecule has 1 rings (SSSR count). The Bertz CT molecular complexity index is 347. The van der Waals surface area contributed by atoms with E-state index in [1.807, 2.05) is 0 Å². The van der Waals surface area contributed by atoms with Gasteiger partial charge in [0.1, 0.15) is 0 Å². The highest BCUT2D eigenvalue weighted by molar-refractivity contribution is 5.69. The second-order valence-corrected chi connectivity index (χ2v) is 8.57. The summed E-state index contributed by atoms with van der Waals surface area (Å²) in [6.07, 6.45) is 5.34. The maximum absolute atomic E-state index is 11.9. The number of nitrogens with zero attached hydrogens (tertiary/aromatic N) is 1. The molecule has 0 atom stereocenters. The Kier molecular flexibility index (Phi) is 8.56. The first kappa shape index (κ1) is 20.4. The van der Waals surface area contributed by atoms with Crippen molar-refractivity contribution in [3.05, 3.63) is 0 Å². The highest BCUT2D eigenvalue weighted by Gasteiger charge is 2.28. The van der Waals surface area contributed by atoms with Crippen LogP contribution in [0.15, 0.2) is 0 Å². The molecule has 1 fully saturated rings. The molecule has 1 aliphatic rings. The van der Waals surface area contributed by atoms with Crippen LogP contribution in [0.3, 0.4) is 0 Å². The van der Waals surface area contributed by atoms with Crippen LogP contribution in [-0.2, 0) is 9.53 Å². The number of ether oxygens (including phenoxy) is 1. The maximum atomic E-state index is 11.9. The molecular formula is C19H38N2O2. The summed E-state index contributed by atoms with van der Waals surface area (Å²) in [5.41, 5.74) is 0.339. The second kappa shape index (κ2) is 9.63. The van der Waals surface area contributed by atoms with Gasteiger partial charge in [-0.25, -0.2) is 0 Å². The molecular weight excluding hydrogens is 288 g/mol. The summed E-state index contributed by atoms with van der Waals surface area (Å²) in [6, 6.07) is 0. The third kappa shape index (κ3) is 9.31. The number of carbonyl (C=O) groups is 1. The molecule has 0 saturated carbocycles. The first-order chi connectivity index (χ1) is 10.7. The van der Waals surface area contributed by atoms with E-state index in [-0.39, 0.29) is 11.4 Å². The Balaban J connectivity index is 2.08. The topological polar surface area (TPSA) is 41.6 Å². The predicted octanol–water partition coefficient (Wildman–Crippen LogP) is 3.46. The van der Waals surface area contributed by atoms with Crippen LogP contribution >= 0.6 is 0 Å². The molecule has 4 heteroatoms. The van der Waals surface area contributed by atoms with E-state index in [9.17, 15) is 4.79 Å². The Labute approximate surface area is 143 Å². The number of rotatable bonds is 11. The van der Waals surface area contributed by atoms with Gasteiger partial charge in [-0.2, -0.15) is 0 Å². The van der Waals surface area contributed by atoms with Gasteiger partial charge >= 0.3 is 5.97 Å². The van der Waals surface area contributed by atoms with Crippen LogP contribution < -0.4 is 5.32 Å². The van der Waals surface area contributed by atoms with Gasteiger partial charge in [0, 0.05) is 19.6 Å². The number of hydrogen-bond donors (Lipinski definition) is 1. The molecule has 0 aliphatic carbocycles. The zero-order chi connectivity index (χ0) is 17.3. The lowest BCUT2D eigenvalue weighted by molar-refractivity contribution is -0.147. The summed E-state index contributed by atoms with van der Waals surface area (Å²) in [5.74, 6) is -0.0824. The van der Waals surface area contributed by atoms with E-state index in [1.54, 1.807) is 0 Å². The minimum atomic E-state index is -0.0824. The van der Waals surface area contributed by atoms with E-state index in [0.717, 1.165) is 25.9 Å². The van der Waals surface area contributed by atoms with Crippen molar-refractivity contribution < 1.29 is 9.53 Å². The number of hydrogen-bond acceptors (Lipinski definition) is 4. The minimum Gasteiger partial charge on any atom is -0.465 e. The van der Waals surface area contributed by atoms with Gasteiger partial charge in [-0.3, -0.25) is 4.79 Å². The SMILES string of the molecule is CCC(C)(C)CC(C)(C)COC(=O)CCNCCN1CCCC1. The molecule has 0 amide bonds. The van der Waals surface area contributed by atoms with Gasteiger partial charge in [0.25, 0.3) is 0 Å². The van der Waals surface area contributed by atoms with Crippen molar-refractivity contribution in [2.75, 3.05) is 39.3 Å². The van der Waals surface area contributed by atoms with Crippen LogP contribution in [0.1, 0.15) is 66.7 Å². The zero-order valence-electron chi connectivity index (χ0n) is 16.0. The lowest BCUT2D eigenvalue weighted by Crippen LogP contribution is -2.32. The van der Waals surface area contributed by atoms with Gasteiger partial charge < -0.3 is 15.0 Å². The molecule has 4 nitrogen and oxygen atoms in total. The first-order valence-corrected chi connectivity index (χ1v) is 9.33. The van der Waals surface area contributed by atoms with Crippen molar-refractivity contribution in [3.8, 4) is 0 Å². The molecule has 23 heavy (non-hydrogen) atoms. The van der Waals surface area contributed by atoms with Crippen molar-refractivity contribution in [1.82, 2.24) is 10.2 Å². The molecule has 0 unspecified atom stereocenters. The summed E-state index contributed by atoms with van der Waals surface area (Å²) < 4.78 is 5.49. The quantitative estimate of drug-likeness (QED) is 0.466. The van der Waals surface area contributed by atoms with Crippen molar-refractivity contribution in [1.29, 1.82) is 0 Å². The molecule has 0 aromatic heterocycles. The molecule has 1 heterocycles. The van der Waals surface area contributed by atoms with Gasteiger partial charge in [0.05, 0.1) is 13.0 Å². The third-order valence-corrected chi connectivity index (χ3v) is 4.85. The normalized spacial score (nSPS) is 16.7. The van der Waals surface area contributed by atoms with Crippen molar-refractivity contribution in [2.24, 2.45) is 10.8 Å². The summed E-state index contributed by atoms with van der Waals surface area (Å²) >= 11 is 0. The number of likely N-dealkylation sites (tertiary alicyclic amines) is 1. The van der Waals surface area contributed by atoms with Crippen LogP contribution in [0.2, 0.25) is 0 Å². The zero-order valence-corrected chi connectivity index (χ0v) is 16.0. The molecule has 136 valence electrons. The molecule has 0 aromatic rings. The van der Waals surface area contributed by atoms with Crippen LogP contribution in [0.25, 0.3) is 0 Å². The van der Waals surface area contributed by atoms with Crippen LogP contribution in [0.5, 0.6) is 0 Å². The summed E-state index contributed by atoms with van der Waals surface area (Å²) in [4.78, 5) is 14.3. The van der Waals surface area contributed by atoms with E-state index >= 15 is 0 Å². The predicted molar refractivity (Wildman–Crippen MR) is 96.6 cm³/mol. The summed E-state index contributed by atoms with van der Waals surface area (Å²) in [6.45, 7) is 16.9. The van der Waals surface area contributed by atoms with Crippen LogP contribution in [0.4, 0.5) is 0 Å². The van der Waals surface area contributed by atoms with Crippen molar-refractivity contribution in [2.45, 2.75) is 66.7 Å². The average Bonchev–Trinajstić information content (AvgIpc) is 2.97. The average molecular weight is 327 g/mol. The van der Waals surface area contributed by atoms with Crippen molar-refractivity contribution in [3.63, 3.8) is 0 Å². The Morgan fingerprint density at radius 1 is 1.09 bits per heavy atom. The lowest BCUT2D eigenvalue weighted by Gasteiger charge is -2.33. The monoisotopic (exact) mass is 326 g/mol. The Hall–Kier alpha value is -0.610. The highest BCUT2D eigenvalue weighted by Crippen LogP contribution is 2.36. The summed E-state index contributed by atoms with van der Waals surface area (Å²) in [7, 11) is 0. The van der Waals surface area contributed by atoms with Gasteiger partial charge in [-0.05, 0) is 43.2 Å². The molecule has 1 saturated heterocycles. The summed E-state index contributed by atoms with van der Waals surface area (Å²) in [5, 5.41) is 3.35. The van der Waals surface area contributed by atoms with E-state index in [0.29, 0.717) is 25.0 Å². The molecule has 0 spiro atoms. The van der Waals surface area contributed by atoms with Gasteiger partial charge in [-0.15, -0.1) is 0 Å². The minimum absolute atomic E-state index is 0.0400. The molecule has 0 bridgehead atoms. The number of esters is 1. The highest BCUT2D eigenvalue weighted by atomic mass is 16.5. The fourth-order valence-electron chi connectivity index (χ4n) is 3.38. The van der Waals surface area contributed by atoms with E-state index in [4.69, 9.17) is 4.74 Å². The van der Waals surface area contributed by atoms with E-state index in [1.165, 1.54) is 25.9 Å².